The monoisotopic (exact) mass is 658 g/mol. The van der Waals surface area contributed by atoms with Crippen molar-refractivity contribution in [1.82, 2.24) is 19.8 Å². The van der Waals surface area contributed by atoms with E-state index in [4.69, 9.17) is 9.72 Å². The van der Waals surface area contributed by atoms with Gasteiger partial charge in [-0.25, -0.2) is 4.98 Å². The zero-order valence-electron chi connectivity index (χ0n) is 25.8. The quantitative estimate of drug-likeness (QED) is 0.235. The van der Waals surface area contributed by atoms with E-state index in [0.717, 1.165) is 62.9 Å². The highest BCUT2D eigenvalue weighted by atomic mass is 35.5. The second-order valence-electron chi connectivity index (χ2n) is 12.8. The van der Waals surface area contributed by atoms with Gasteiger partial charge < -0.3 is 24.6 Å². The van der Waals surface area contributed by atoms with Crippen LogP contribution in [0, 0.1) is 5.92 Å². The lowest BCUT2D eigenvalue weighted by Gasteiger charge is -2.42. The fourth-order valence-corrected chi connectivity index (χ4v) is 8.79. The zero-order chi connectivity index (χ0) is 30.6. The van der Waals surface area contributed by atoms with Crippen LogP contribution in [-0.4, -0.2) is 90.6 Å². The van der Waals surface area contributed by atoms with Gasteiger partial charge in [0.2, 0.25) is 0 Å². The maximum Gasteiger partial charge on any atom is 0.275 e. The van der Waals surface area contributed by atoms with Crippen molar-refractivity contribution in [3.63, 3.8) is 0 Å². The number of nitrogens with one attached hydrogen (secondary N) is 1. The smallest absolute Gasteiger partial charge is 0.275 e. The molecule has 4 N–H and O–H groups in total. The molecule has 3 atom stereocenters. The average Bonchev–Trinajstić information content (AvgIpc) is 3.48. The minimum Gasteiger partial charge on any atom is -0.385 e. The molecular weight excluding hydrogens is 612 g/mol. The van der Waals surface area contributed by atoms with E-state index in [2.05, 4.69) is 17.4 Å². The summed E-state index contributed by atoms with van der Waals surface area (Å²) in [6.45, 7) is 2.75. The van der Waals surface area contributed by atoms with Gasteiger partial charge in [0.25, 0.3) is 5.91 Å². The number of carbonyl (C=O) groups is 1. The Hall–Kier alpha value is -2.44. The first-order valence-electron chi connectivity index (χ1n) is 16.0. The number of aromatic nitrogens is 2. The van der Waals surface area contributed by atoms with E-state index in [0.29, 0.717) is 36.8 Å². The number of piperazine rings is 1. The first kappa shape index (κ1) is 33.9. The molecule has 1 amide bonds. The zero-order valence-corrected chi connectivity index (χ0v) is 27.4. The van der Waals surface area contributed by atoms with E-state index >= 15 is 0 Å². The number of rotatable bonds is 9. The summed E-state index contributed by atoms with van der Waals surface area (Å²) in [7, 11) is -2.43. The fraction of sp³-hybridized carbons (Fsp3) is 0.529. The molecule has 3 aromatic rings. The first-order chi connectivity index (χ1) is 21.3. The largest absolute Gasteiger partial charge is 0.385 e. The SMILES string of the molecule is Cl.O=C(c1ncn(C2CCCCC2(O)COCC2CCS(O)(O)CC2)c1-c1ccccc1)N1CCNC[C@H]1Cc1ccccc1. The molecule has 3 fully saturated rings. The second-order valence-corrected chi connectivity index (χ2v) is 15.2. The summed E-state index contributed by atoms with van der Waals surface area (Å²) < 4.78 is 28.2. The number of carbonyl (C=O) groups excluding carboxylic acids is 1. The molecule has 3 heterocycles. The molecule has 2 aromatic carbocycles. The molecule has 45 heavy (non-hydrogen) atoms. The predicted octanol–water partition coefficient (Wildman–Crippen LogP) is 5.65. The molecule has 2 saturated heterocycles. The highest BCUT2D eigenvalue weighted by molar-refractivity contribution is 8.24. The van der Waals surface area contributed by atoms with E-state index in [1.165, 1.54) is 5.56 Å². The Balaban J connectivity index is 0.00000400. The molecule has 9 nitrogen and oxygen atoms in total. The number of hydrogen-bond donors (Lipinski definition) is 4. The number of imidazole rings is 1. The Labute approximate surface area is 274 Å². The highest BCUT2D eigenvalue weighted by Crippen LogP contribution is 2.46. The third kappa shape index (κ3) is 7.93. The Bertz CT molecular complexity index is 1380. The van der Waals surface area contributed by atoms with Gasteiger partial charge in [-0.3, -0.25) is 13.9 Å². The summed E-state index contributed by atoms with van der Waals surface area (Å²) in [5.74, 6) is 1.04. The fourth-order valence-electron chi connectivity index (χ4n) is 7.17. The van der Waals surface area contributed by atoms with Gasteiger partial charge in [-0.05, 0) is 43.6 Å². The molecular formula is C34H47ClN4O5S. The molecule has 0 bridgehead atoms. The Morgan fingerprint density at radius 1 is 1.02 bits per heavy atom. The standard InChI is InChI=1S/C34H46N4O5S.ClH/c39-33(37-18-17-35-22-29(37)21-26-9-3-1-4-10-26)31-32(28-11-5-2-6-12-28)38(25-36-31)30-13-7-8-16-34(30,40)24-43-23-27-14-19-44(41,42)20-15-27;/h1-6,9-12,25,27,29-30,35,40-42H,7-8,13-24H2;1H/t29-,30?,34?;/m1./s1. The van der Waals surface area contributed by atoms with Gasteiger partial charge in [0, 0.05) is 49.4 Å². The lowest BCUT2D eigenvalue weighted by Crippen LogP contribution is -2.54. The molecule has 0 radical (unpaired) electrons. The van der Waals surface area contributed by atoms with E-state index in [1.807, 2.05) is 58.0 Å². The van der Waals surface area contributed by atoms with Crippen molar-refractivity contribution >= 4 is 28.9 Å². The van der Waals surface area contributed by atoms with Crippen LogP contribution in [0.2, 0.25) is 0 Å². The van der Waals surface area contributed by atoms with Crippen LogP contribution in [0.3, 0.4) is 0 Å². The van der Waals surface area contributed by atoms with Crippen LogP contribution in [0.1, 0.15) is 60.6 Å². The molecule has 1 aliphatic carbocycles. The summed E-state index contributed by atoms with van der Waals surface area (Å²) in [4.78, 5) is 21.1. The van der Waals surface area contributed by atoms with Gasteiger partial charge in [-0.2, -0.15) is 10.6 Å². The van der Waals surface area contributed by atoms with E-state index < -0.39 is 16.2 Å². The maximum atomic E-state index is 14.3. The second kappa shape index (κ2) is 15.0. The van der Waals surface area contributed by atoms with Crippen molar-refractivity contribution < 1.29 is 23.7 Å². The van der Waals surface area contributed by atoms with Crippen LogP contribution in [-0.2, 0) is 11.2 Å². The Kier molecular flexibility index (Phi) is 11.3. The lowest BCUT2D eigenvalue weighted by atomic mass is 9.80. The molecule has 246 valence electrons. The average molecular weight is 659 g/mol. The number of ether oxygens (including phenoxy) is 1. The number of nitrogens with zero attached hydrogens (tertiary/aromatic N) is 3. The first-order valence-corrected chi connectivity index (χ1v) is 17.9. The lowest BCUT2D eigenvalue weighted by molar-refractivity contribution is -0.104. The number of benzene rings is 2. The van der Waals surface area contributed by atoms with Crippen molar-refractivity contribution in [1.29, 1.82) is 0 Å². The van der Waals surface area contributed by atoms with Gasteiger partial charge >= 0.3 is 0 Å². The number of amides is 1. The van der Waals surface area contributed by atoms with Crippen molar-refractivity contribution in [2.45, 2.75) is 62.6 Å². The molecule has 3 aliphatic rings. The molecule has 0 spiro atoms. The van der Waals surface area contributed by atoms with Crippen LogP contribution in [0.4, 0.5) is 0 Å². The van der Waals surface area contributed by atoms with Crippen molar-refractivity contribution in [3.8, 4) is 11.3 Å². The van der Waals surface area contributed by atoms with Crippen LogP contribution in [0.15, 0.2) is 67.0 Å². The van der Waals surface area contributed by atoms with Crippen LogP contribution in [0.5, 0.6) is 0 Å². The third-order valence-electron chi connectivity index (χ3n) is 9.67. The van der Waals surface area contributed by atoms with Crippen LogP contribution in [0.25, 0.3) is 11.3 Å². The van der Waals surface area contributed by atoms with Crippen molar-refractivity contribution in [2.75, 3.05) is 44.4 Å². The minimum absolute atomic E-state index is 0. The van der Waals surface area contributed by atoms with Gasteiger partial charge in [-0.15, -0.1) is 12.4 Å². The summed E-state index contributed by atoms with van der Waals surface area (Å²) in [5, 5.41) is 15.6. The molecule has 2 aliphatic heterocycles. The van der Waals surface area contributed by atoms with Gasteiger partial charge in [0.1, 0.15) is 5.60 Å². The molecule has 11 heteroatoms. The normalized spacial score (nSPS) is 26.2. The number of halogens is 1. The molecule has 1 aromatic heterocycles. The van der Waals surface area contributed by atoms with Gasteiger partial charge in [-0.1, -0.05) is 73.5 Å². The topological polar surface area (TPSA) is 120 Å². The molecule has 6 rings (SSSR count). The molecule has 2 unspecified atom stereocenters. The van der Waals surface area contributed by atoms with Gasteiger partial charge in [0.05, 0.1) is 24.7 Å². The highest BCUT2D eigenvalue weighted by Gasteiger charge is 2.43. The van der Waals surface area contributed by atoms with Gasteiger partial charge in [0.15, 0.2) is 5.69 Å². The molecule has 1 saturated carbocycles. The Morgan fingerprint density at radius 2 is 1.73 bits per heavy atom. The van der Waals surface area contributed by atoms with Crippen LogP contribution < -0.4 is 5.32 Å². The summed E-state index contributed by atoms with van der Waals surface area (Å²) in [6, 6.07) is 19.9. The summed E-state index contributed by atoms with van der Waals surface area (Å²) in [6.07, 6.45) is 7.22. The van der Waals surface area contributed by atoms with Crippen molar-refractivity contribution in [2.24, 2.45) is 5.92 Å². The maximum absolute atomic E-state index is 14.3. The predicted molar refractivity (Wildman–Crippen MR) is 181 cm³/mol. The minimum atomic E-state index is -2.43. The van der Waals surface area contributed by atoms with E-state index in [1.54, 1.807) is 6.33 Å². The van der Waals surface area contributed by atoms with E-state index in [-0.39, 0.29) is 42.9 Å². The third-order valence-corrected chi connectivity index (χ3v) is 11.5. The van der Waals surface area contributed by atoms with Crippen LogP contribution >= 0.6 is 23.0 Å². The van der Waals surface area contributed by atoms with E-state index in [9.17, 15) is 19.0 Å². The number of aliphatic hydroxyl groups is 1. The number of hydrogen-bond acceptors (Lipinski definition) is 7. The van der Waals surface area contributed by atoms with Crippen molar-refractivity contribution in [3.05, 3.63) is 78.2 Å². The summed E-state index contributed by atoms with van der Waals surface area (Å²) >= 11 is 0. The Morgan fingerprint density at radius 3 is 2.47 bits per heavy atom. The summed E-state index contributed by atoms with van der Waals surface area (Å²) in [5.41, 5.74) is 2.16.